The maximum atomic E-state index is 15.0. The van der Waals surface area contributed by atoms with Crippen LogP contribution >= 0.6 is 0 Å². The largest absolute Gasteiger partial charge is 0.404 e. The number of carbonyl (C=O) groups is 1. The molecule has 1 unspecified atom stereocenters. The molecule has 2 aliphatic heterocycles. The minimum atomic E-state index is -0.658. The summed E-state index contributed by atoms with van der Waals surface area (Å²) in [7, 11) is 1.55. The van der Waals surface area contributed by atoms with Gasteiger partial charge in [0.25, 0.3) is 0 Å². The van der Waals surface area contributed by atoms with Crippen LogP contribution in [0.4, 0.5) is 10.1 Å². The van der Waals surface area contributed by atoms with Crippen molar-refractivity contribution in [3.8, 4) is 6.07 Å². The van der Waals surface area contributed by atoms with E-state index in [2.05, 4.69) is 15.3 Å². The Morgan fingerprint density at radius 3 is 2.85 bits per heavy atom. The predicted molar refractivity (Wildman–Crippen MR) is 125 cm³/mol. The summed E-state index contributed by atoms with van der Waals surface area (Å²) in [6, 6.07) is 4.71. The van der Waals surface area contributed by atoms with Gasteiger partial charge >= 0.3 is 0 Å². The molecule has 0 aliphatic carbocycles. The zero-order chi connectivity index (χ0) is 24.0. The summed E-state index contributed by atoms with van der Waals surface area (Å²) in [5, 5.41) is 13.0. The molecule has 33 heavy (non-hydrogen) atoms. The summed E-state index contributed by atoms with van der Waals surface area (Å²) in [6.45, 7) is 3.58. The zero-order valence-corrected chi connectivity index (χ0v) is 18.8. The number of carbonyl (C=O) groups excluding carboxylic acids is 1. The highest BCUT2D eigenvalue weighted by atomic mass is 19.1. The number of nitrogens with two attached hydrogens (primary N) is 2. The molecule has 1 aromatic rings. The number of amides is 1. The number of nitriles is 1. The van der Waals surface area contributed by atoms with E-state index in [0.717, 1.165) is 12.1 Å². The normalized spacial score (nSPS) is 19.8. The van der Waals surface area contributed by atoms with Crippen molar-refractivity contribution in [2.75, 3.05) is 33.4 Å². The summed E-state index contributed by atoms with van der Waals surface area (Å²) in [5.41, 5.74) is 14.3. The van der Waals surface area contributed by atoms with Crippen LogP contribution in [0.25, 0.3) is 5.57 Å². The highest BCUT2D eigenvalue weighted by Gasteiger charge is 2.26. The van der Waals surface area contributed by atoms with Crippen molar-refractivity contribution >= 4 is 29.2 Å². The SMILES string of the molecule is CN=CC(=CN)c1cc(F)c(N=C(N)C2=C(NC3CCOC3)CCN(C(C)=O)C2)cc1C#N. The number of rotatable bonds is 6. The van der Waals surface area contributed by atoms with Gasteiger partial charge in [0.15, 0.2) is 0 Å². The lowest BCUT2D eigenvalue weighted by Crippen LogP contribution is -2.43. The number of allylic oxidation sites excluding steroid dienone is 1. The monoisotopic (exact) mass is 453 g/mol. The van der Waals surface area contributed by atoms with E-state index in [1.54, 1.807) is 11.9 Å². The average molecular weight is 454 g/mol. The average Bonchev–Trinajstić information content (AvgIpc) is 3.31. The van der Waals surface area contributed by atoms with Crippen molar-refractivity contribution in [3.05, 3.63) is 46.5 Å². The molecule has 1 aromatic carbocycles. The molecule has 2 heterocycles. The van der Waals surface area contributed by atoms with Gasteiger partial charge in [-0.3, -0.25) is 9.79 Å². The molecule has 2 aliphatic rings. The van der Waals surface area contributed by atoms with E-state index in [-0.39, 0.29) is 35.6 Å². The number of aliphatic imine (C=N–C) groups is 2. The Balaban J connectivity index is 2.01. The first-order valence-electron chi connectivity index (χ1n) is 10.6. The lowest BCUT2D eigenvalue weighted by Gasteiger charge is -2.31. The molecular weight excluding hydrogens is 425 g/mol. The summed E-state index contributed by atoms with van der Waals surface area (Å²) in [4.78, 5) is 21.8. The van der Waals surface area contributed by atoms with Gasteiger partial charge in [0.2, 0.25) is 5.91 Å². The van der Waals surface area contributed by atoms with E-state index in [9.17, 15) is 14.4 Å². The van der Waals surface area contributed by atoms with Crippen LogP contribution in [-0.4, -0.2) is 62.3 Å². The van der Waals surface area contributed by atoms with Crippen LogP contribution in [-0.2, 0) is 9.53 Å². The molecule has 1 amide bonds. The summed E-state index contributed by atoms with van der Waals surface area (Å²) >= 11 is 0. The fourth-order valence-corrected chi connectivity index (χ4v) is 3.84. The third kappa shape index (κ3) is 5.56. The lowest BCUT2D eigenvalue weighted by atomic mass is 10.00. The number of hydrogen-bond acceptors (Lipinski definition) is 7. The minimum Gasteiger partial charge on any atom is -0.404 e. The van der Waals surface area contributed by atoms with Gasteiger partial charge in [-0.1, -0.05) is 0 Å². The van der Waals surface area contributed by atoms with Crippen LogP contribution in [0.2, 0.25) is 0 Å². The Bertz CT molecular complexity index is 1080. The van der Waals surface area contributed by atoms with E-state index >= 15 is 0 Å². The van der Waals surface area contributed by atoms with Crippen LogP contribution in [0.5, 0.6) is 0 Å². The number of nitrogens with zero attached hydrogens (tertiary/aromatic N) is 4. The first-order chi connectivity index (χ1) is 15.9. The first-order valence-corrected chi connectivity index (χ1v) is 10.6. The minimum absolute atomic E-state index is 0.0754. The van der Waals surface area contributed by atoms with Gasteiger partial charge < -0.3 is 26.4 Å². The Kier molecular flexibility index (Phi) is 7.79. The van der Waals surface area contributed by atoms with E-state index in [1.807, 2.05) is 6.07 Å². The van der Waals surface area contributed by atoms with Gasteiger partial charge in [-0.05, 0) is 18.6 Å². The number of nitrogens with one attached hydrogen (secondary N) is 1. The van der Waals surface area contributed by atoms with Crippen LogP contribution in [0.1, 0.15) is 30.9 Å². The molecule has 5 N–H and O–H groups in total. The van der Waals surface area contributed by atoms with Crippen molar-refractivity contribution in [1.82, 2.24) is 10.2 Å². The van der Waals surface area contributed by atoms with E-state index in [4.69, 9.17) is 16.2 Å². The third-order valence-corrected chi connectivity index (χ3v) is 5.61. The van der Waals surface area contributed by atoms with E-state index < -0.39 is 5.82 Å². The molecule has 0 saturated carbocycles. The van der Waals surface area contributed by atoms with Crippen LogP contribution < -0.4 is 16.8 Å². The highest BCUT2D eigenvalue weighted by molar-refractivity contribution is 6.10. The summed E-state index contributed by atoms with van der Waals surface area (Å²) < 4.78 is 20.4. The van der Waals surface area contributed by atoms with Crippen molar-refractivity contribution in [2.24, 2.45) is 21.5 Å². The fourth-order valence-electron chi connectivity index (χ4n) is 3.84. The topological polar surface area (TPSA) is 142 Å². The quantitative estimate of drug-likeness (QED) is 0.441. The molecule has 1 fully saturated rings. The standard InChI is InChI=1S/C23H28FN7O2/c1-14(32)31-5-3-21(29-17-4-6-33-13-17)19(12-31)23(27)30-22-7-15(9-25)18(8-20(22)24)16(10-26)11-28-2/h7-8,10-11,17,29H,3-6,12-13,26H2,1-2H3,(H2,27,30). The number of ether oxygens (including phenoxy) is 1. The molecule has 9 nitrogen and oxygen atoms in total. The van der Waals surface area contributed by atoms with Gasteiger partial charge in [0, 0.05) is 68.4 Å². The third-order valence-electron chi connectivity index (χ3n) is 5.61. The molecule has 0 spiro atoms. The fraction of sp³-hybridized carbons (Fsp3) is 0.391. The second-order valence-electron chi connectivity index (χ2n) is 7.82. The van der Waals surface area contributed by atoms with E-state index in [0.29, 0.717) is 42.9 Å². The molecule has 10 heteroatoms. The van der Waals surface area contributed by atoms with Gasteiger partial charge in [-0.2, -0.15) is 5.26 Å². The molecule has 0 aromatic heterocycles. The molecule has 0 bridgehead atoms. The number of benzene rings is 1. The second kappa shape index (κ2) is 10.7. The number of halogens is 1. The molecular formula is C23H28FN7O2. The Labute approximate surface area is 192 Å². The molecule has 1 saturated heterocycles. The van der Waals surface area contributed by atoms with Gasteiger partial charge in [0.05, 0.1) is 30.8 Å². The predicted octanol–water partition coefficient (Wildman–Crippen LogP) is 1.57. The molecule has 0 radical (unpaired) electrons. The van der Waals surface area contributed by atoms with Crippen LogP contribution in [0.15, 0.2) is 39.6 Å². The Morgan fingerprint density at radius 1 is 1.45 bits per heavy atom. The van der Waals surface area contributed by atoms with Gasteiger partial charge in [0.1, 0.15) is 17.3 Å². The maximum Gasteiger partial charge on any atom is 0.219 e. The summed E-state index contributed by atoms with van der Waals surface area (Å²) in [5.74, 6) is -0.651. The maximum absolute atomic E-state index is 15.0. The molecule has 1 atom stereocenters. The lowest BCUT2D eigenvalue weighted by molar-refractivity contribution is -0.128. The van der Waals surface area contributed by atoms with Crippen molar-refractivity contribution in [2.45, 2.75) is 25.8 Å². The zero-order valence-electron chi connectivity index (χ0n) is 18.8. The molecule has 3 rings (SSSR count). The Hall–Kier alpha value is -3.71. The number of hydrogen-bond donors (Lipinski definition) is 3. The van der Waals surface area contributed by atoms with Gasteiger partial charge in [-0.15, -0.1) is 0 Å². The first kappa shape index (κ1) is 23.9. The van der Waals surface area contributed by atoms with Crippen molar-refractivity contribution in [3.63, 3.8) is 0 Å². The molecule has 174 valence electrons. The second-order valence-corrected chi connectivity index (χ2v) is 7.82. The Morgan fingerprint density at radius 2 is 2.24 bits per heavy atom. The highest BCUT2D eigenvalue weighted by Crippen LogP contribution is 2.28. The summed E-state index contributed by atoms with van der Waals surface area (Å²) in [6.07, 6.45) is 4.14. The van der Waals surface area contributed by atoms with Crippen molar-refractivity contribution in [1.29, 1.82) is 5.26 Å². The number of amidine groups is 1. The van der Waals surface area contributed by atoms with Crippen LogP contribution in [0.3, 0.4) is 0 Å². The van der Waals surface area contributed by atoms with Crippen LogP contribution in [0, 0.1) is 17.1 Å². The van der Waals surface area contributed by atoms with E-state index in [1.165, 1.54) is 31.5 Å². The van der Waals surface area contributed by atoms with Crippen molar-refractivity contribution < 1.29 is 13.9 Å². The smallest absolute Gasteiger partial charge is 0.219 e. The van der Waals surface area contributed by atoms with Gasteiger partial charge in [-0.25, -0.2) is 9.38 Å².